The highest BCUT2D eigenvalue weighted by Crippen LogP contribution is 2.55. The maximum Gasteiger partial charge on any atom is 0.335 e. The van der Waals surface area contributed by atoms with E-state index in [-0.39, 0.29) is 23.4 Å². The molecule has 2 aliphatic rings. The van der Waals surface area contributed by atoms with E-state index in [4.69, 9.17) is 26.1 Å². The van der Waals surface area contributed by atoms with Crippen LogP contribution in [0.5, 0.6) is 0 Å². The Bertz CT molecular complexity index is 1110. The first-order valence-corrected chi connectivity index (χ1v) is 14.7. The summed E-state index contributed by atoms with van der Waals surface area (Å²) in [6, 6.07) is 0.242. The second-order valence-electron chi connectivity index (χ2n) is 8.50. The van der Waals surface area contributed by atoms with E-state index in [0.717, 1.165) is 25.7 Å². The van der Waals surface area contributed by atoms with Crippen molar-refractivity contribution in [1.82, 2.24) is 19.5 Å². The standard InChI is InChI=1S/C17H26ClN5O8P2/c18-17-21-14(20-9-3-1-2-4-9)11-15(22-17)23(7-19-11)16-13(25)12(24)10(31-16)5-6-32(26,27)8-33(28,29)30/h7,9-10,12-13,16,24-25H,1-6,8H2,(H,26,27)(H,20,21,22)(H2,28,29,30). The normalized spacial score (nSPS) is 28.4. The minimum Gasteiger partial charge on any atom is -0.388 e. The van der Waals surface area contributed by atoms with Crippen LogP contribution in [0.15, 0.2) is 6.33 Å². The third-order valence-electron chi connectivity index (χ3n) is 5.87. The zero-order chi connectivity index (χ0) is 24.0. The second-order valence-corrected chi connectivity index (χ2v) is 13.4. The largest absolute Gasteiger partial charge is 0.388 e. The van der Waals surface area contributed by atoms with Gasteiger partial charge in [0.1, 0.15) is 18.1 Å². The molecule has 2 aromatic heterocycles. The molecule has 0 aromatic carbocycles. The van der Waals surface area contributed by atoms with E-state index >= 15 is 0 Å². The number of imidazole rings is 1. The van der Waals surface area contributed by atoms with Crippen molar-refractivity contribution in [2.45, 2.75) is 62.7 Å². The summed E-state index contributed by atoms with van der Waals surface area (Å²) in [6.07, 6.45) is -0.0564. The van der Waals surface area contributed by atoms with Crippen LogP contribution in [0.4, 0.5) is 5.82 Å². The van der Waals surface area contributed by atoms with E-state index in [9.17, 15) is 24.2 Å². The van der Waals surface area contributed by atoms with E-state index in [2.05, 4.69) is 20.3 Å². The van der Waals surface area contributed by atoms with Gasteiger partial charge in [0, 0.05) is 12.2 Å². The Hall–Kier alpha value is -1.14. The van der Waals surface area contributed by atoms with Gasteiger partial charge in [-0.1, -0.05) is 12.8 Å². The smallest absolute Gasteiger partial charge is 0.335 e. The average molecular weight is 526 g/mol. The van der Waals surface area contributed by atoms with Crippen molar-refractivity contribution in [3.8, 4) is 0 Å². The van der Waals surface area contributed by atoms with Crippen molar-refractivity contribution in [2.75, 3.05) is 17.4 Å². The van der Waals surface area contributed by atoms with Gasteiger partial charge < -0.3 is 34.9 Å². The maximum atomic E-state index is 12.1. The highest BCUT2D eigenvalue weighted by molar-refractivity contribution is 7.72. The van der Waals surface area contributed by atoms with Crippen molar-refractivity contribution < 1.29 is 38.8 Å². The molecule has 33 heavy (non-hydrogen) atoms. The number of nitrogens with zero attached hydrogens (tertiary/aromatic N) is 4. The lowest BCUT2D eigenvalue weighted by Crippen LogP contribution is -2.32. The number of aromatic nitrogens is 4. The molecular formula is C17H26ClN5O8P2. The number of hydrogen-bond donors (Lipinski definition) is 6. The topological polar surface area (TPSA) is 200 Å². The summed E-state index contributed by atoms with van der Waals surface area (Å²) in [7, 11) is -8.85. The average Bonchev–Trinajstić information content (AvgIpc) is 3.40. The van der Waals surface area contributed by atoms with Crippen LogP contribution in [0.2, 0.25) is 5.28 Å². The van der Waals surface area contributed by atoms with Crippen molar-refractivity contribution in [1.29, 1.82) is 0 Å². The predicted molar refractivity (Wildman–Crippen MR) is 118 cm³/mol. The maximum absolute atomic E-state index is 12.1. The zero-order valence-electron chi connectivity index (χ0n) is 17.4. The summed E-state index contributed by atoms with van der Waals surface area (Å²) in [4.78, 5) is 40.5. The van der Waals surface area contributed by atoms with E-state index in [1.165, 1.54) is 10.9 Å². The van der Waals surface area contributed by atoms with Gasteiger partial charge in [-0.15, -0.1) is 0 Å². The quantitative estimate of drug-likeness (QED) is 0.213. The Morgan fingerprint density at radius 3 is 2.52 bits per heavy atom. The van der Waals surface area contributed by atoms with Crippen molar-refractivity contribution >= 4 is 43.5 Å². The number of halogens is 1. The highest BCUT2D eigenvalue weighted by atomic mass is 35.5. The summed E-state index contributed by atoms with van der Waals surface area (Å²) < 4.78 is 30.3. The van der Waals surface area contributed by atoms with Crippen LogP contribution in [0, 0.1) is 0 Å². The lowest BCUT2D eigenvalue weighted by molar-refractivity contribution is -0.0354. The lowest BCUT2D eigenvalue weighted by atomic mass is 10.1. The number of hydrogen-bond acceptors (Lipinski definition) is 9. The second kappa shape index (κ2) is 9.49. The Kier molecular flexibility index (Phi) is 7.18. The molecule has 13 nitrogen and oxygen atoms in total. The van der Waals surface area contributed by atoms with Crippen molar-refractivity contribution in [2.24, 2.45) is 0 Å². The molecule has 1 aliphatic heterocycles. The van der Waals surface area contributed by atoms with Gasteiger partial charge in [0.25, 0.3) is 0 Å². The van der Waals surface area contributed by atoms with Crippen molar-refractivity contribution in [3.05, 3.63) is 11.6 Å². The van der Waals surface area contributed by atoms with Crippen LogP contribution in [0.3, 0.4) is 0 Å². The Morgan fingerprint density at radius 2 is 1.85 bits per heavy atom. The first-order chi connectivity index (χ1) is 15.4. The number of aliphatic hydroxyl groups is 2. The molecule has 1 saturated heterocycles. The predicted octanol–water partition coefficient (Wildman–Crippen LogP) is 1.25. The molecule has 0 bridgehead atoms. The minimum atomic E-state index is -4.69. The molecule has 16 heteroatoms. The molecule has 1 aliphatic carbocycles. The molecule has 5 unspecified atom stereocenters. The van der Waals surface area contributed by atoms with Gasteiger partial charge >= 0.3 is 7.60 Å². The van der Waals surface area contributed by atoms with Crippen LogP contribution < -0.4 is 5.32 Å². The zero-order valence-corrected chi connectivity index (χ0v) is 20.0. The van der Waals surface area contributed by atoms with Gasteiger partial charge in [-0.25, -0.2) is 4.98 Å². The summed E-state index contributed by atoms with van der Waals surface area (Å²) in [6.45, 7) is 0. The number of aliphatic hydroxyl groups excluding tert-OH is 2. The molecule has 2 fully saturated rings. The fourth-order valence-electron chi connectivity index (χ4n) is 4.33. The molecule has 184 valence electrons. The molecule has 0 spiro atoms. The number of anilines is 1. The van der Waals surface area contributed by atoms with Gasteiger partial charge in [-0.05, 0) is 30.9 Å². The molecule has 4 rings (SSSR count). The summed E-state index contributed by atoms with van der Waals surface area (Å²) in [5.74, 6) is -0.702. The van der Waals surface area contributed by atoms with Gasteiger partial charge in [0.05, 0.1) is 12.4 Å². The van der Waals surface area contributed by atoms with Crippen molar-refractivity contribution in [3.63, 3.8) is 0 Å². The van der Waals surface area contributed by atoms with E-state index in [1.807, 2.05) is 0 Å². The van der Waals surface area contributed by atoms with Gasteiger partial charge in [0.2, 0.25) is 12.7 Å². The van der Waals surface area contributed by atoms with Gasteiger partial charge in [-0.2, -0.15) is 9.97 Å². The molecule has 6 N–H and O–H groups in total. The molecule has 1 saturated carbocycles. The number of rotatable bonds is 8. The highest BCUT2D eigenvalue weighted by Gasteiger charge is 2.45. The van der Waals surface area contributed by atoms with Crippen LogP contribution in [-0.2, 0) is 13.9 Å². The van der Waals surface area contributed by atoms with Gasteiger partial charge in [0.15, 0.2) is 23.2 Å². The Labute approximate surface area is 193 Å². The first kappa shape index (κ1) is 25.0. The fourth-order valence-corrected chi connectivity index (χ4v) is 8.02. The molecule has 0 amide bonds. The van der Waals surface area contributed by atoms with Crippen LogP contribution >= 0.6 is 26.6 Å². The Balaban J connectivity index is 1.53. The third-order valence-corrected chi connectivity index (χ3v) is 10.2. The van der Waals surface area contributed by atoms with E-state index < -0.39 is 51.6 Å². The van der Waals surface area contributed by atoms with Crippen LogP contribution in [0.1, 0.15) is 38.3 Å². The van der Waals surface area contributed by atoms with E-state index in [1.54, 1.807) is 0 Å². The van der Waals surface area contributed by atoms with Crippen LogP contribution in [-0.4, -0.2) is 80.8 Å². The lowest BCUT2D eigenvalue weighted by Gasteiger charge is -2.18. The SMILES string of the molecule is O=P(O)(O)CP(=O)(O)CCC1OC(n2cnc3c(NC4CCCC4)nc(Cl)nc32)C(O)C1O. The Morgan fingerprint density at radius 1 is 1.15 bits per heavy atom. The van der Waals surface area contributed by atoms with E-state index in [0.29, 0.717) is 11.3 Å². The molecule has 3 heterocycles. The minimum absolute atomic E-state index is 0.0343. The van der Waals surface area contributed by atoms with Crippen LogP contribution in [0.25, 0.3) is 11.2 Å². The molecule has 5 atom stereocenters. The summed E-state index contributed by atoms with van der Waals surface area (Å²) in [5, 5.41) is 24.3. The summed E-state index contributed by atoms with van der Waals surface area (Å²) >= 11 is 6.11. The first-order valence-electron chi connectivity index (χ1n) is 10.5. The fraction of sp³-hybridized carbons (Fsp3) is 0.706. The number of nitrogens with one attached hydrogen (secondary N) is 1. The van der Waals surface area contributed by atoms with Gasteiger partial charge in [-0.3, -0.25) is 13.7 Å². The number of fused-ring (bicyclic) bond motifs is 1. The molecule has 0 radical (unpaired) electrons. The molecular weight excluding hydrogens is 500 g/mol. The summed E-state index contributed by atoms with van der Waals surface area (Å²) in [5.41, 5.74) is 0.697. The number of ether oxygens (including phenoxy) is 1. The molecule has 2 aromatic rings. The third kappa shape index (κ3) is 5.75. The monoisotopic (exact) mass is 525 g/mol.